The predicted octanol–water partition coefficient (Wildman–Crippen LogP) is 4.71. The minimum atomic E-state index is -4.37. The molecule has 0 aromatic heterocycles. The Labute approximate surface area is 123 Å². The van der Waals surface area contributed by atoms with Gasteiger partial charge in [0.1, 0.15) is 0 Å². The summed E-state index contributed by atoms with van der Waals surface area (Å²) in [6.07, 6.45) is -2.27. The number of halogens is 3. The molecule has 0 aliphatic heterocycles. The highest BCUT2D eigenvalue weighted by molar-refractivity contribution is 5.78. The average molecular weight is 301 g/mol. The van der Waals surface area contributed by atoms with Crippen LogP contribution in [-0.4, -0.2) is 5.91 Å². The molecule has 2 nitrogen and oxygen atoms in total. The minimum Gasteiger partial charge on any atom is -0.349 e. The van der Waals surface area contributed by atoms with Gasteiger partial charge < -0.3 is 5.32 Å². The van der Waals surface area contributed by atoms with Crippen LogP contribution in [0.25, 0.3) is 0 Å². The van der Waals surface area contributed by atoms with Crippen molar-refractivity contribution in [2.45, 2.75) is 52.3 Å². The second-order valence-electron chi connectivity index (χ2n) is 5.28. The zero-order valence-corrected chi connectivity index (χ0v) is 12.6. The normalized spacial score (nSPS) is 14.6. The third kappa shape index (κ3) is 5.06. The molecular formula is C16H22F3NO. The Morgan fingerprint density at radius 2 is 1.95 bits per heavy atom. The molecule has 2 atom stereocenters. The van der Waals surface area contributed by atoms with E-state index in [1.165, 1.54) is 6.07 Å². The number of nitrogens with one attached hydrogen (secondary N) is 1. The summed E-state index contributed by atoms with van der Waals surface area (Å²) >= 11 is 0. The van der Waals surface area contributed by atoms with Gasteiger partial charge in [0.25, 0.3) is 0 Å². The third-order valence-electron chi connectivity index (χ3n) is 3.57. The first-order valence-electron chi connectivity index (χ1n) is 7.27. The van der Waals surface area contributed by atoms with E-state index in [-0.39, 0.29) is 17.9 Å². The monoisotopic (exact) mass is 301 g/mol. The van der Waals surface area contributed by atoms with Crippen LogP contribution in [-0.2, 0) is 11.0 Å². The van der Waals surface area contributed by atoms with Gasteiger partial charge >= 0.3 is 6.18 Å². The van der Waals surface area contributed by atoms with Gasteiger partial charge in [0.05, 0.1) is 11.6 Å². The molecule has 0 bridgehead atoms. The van der Waals surface area contributed by atoms with Crippen LogP contribution >= 0.6 is 0 Å². The standard InChI is InChI=1S/C16H22F3NO/c1-4-7-14(20-15(21)11(3)5-2)12-8-6-9-13(10-12)16(17,18)19/h6,8-11,14H,4-5,7H2,1-3H3,(H,20,21). The van der Waals surface area contributed by atoms with Crippen molar-refractivity contribution < 1.29 is 18.0 Å². The largest absolute Gasteiger partial charge is 0.416 e. The van der Waals surface area contributed by atoms with Gasteiger partial charge in [0, 0.05) is 5.92 Å². The summed E-state index contributed by atoms with van der Waals surface area (Å²) in [5.41, 5.74) is -0.178. The molecular weight excluding hydrogens is 279 g/mol. The Morgan fingerprint density at radius 1 is 1.29 bits per heavy atom. The van der Waals surface area contributed by atoms with Gasteiger partial charge in [-0.3, -0.25) is 4.79 Å². The minimum absolute atomic E-state index is 0.117. The molecule has 0 saturated carbocycles. The van der Waals surface area contributed by atoms with Crippen molar-refractivity contribution in [3.63, 3.8) is 0 Å². The molecule has 0 aliphatic carbocycles. The van der Waals surface area contributed by atoms with E-state index in [0.29, 0.717) is 18.4 Å². The van der Waals surface area contributed by atoms with Crippen LogP contribution in [0.3, 0.4) is 0 Å². The first-order valence-corrected chi connectivity index (χ1v) is 7.27. The van der Waals surface area contributed by atoms with E-state index in [1.54, 1.807) is 6.07 Å². The van der Waals surface area contributed by atoms with Crippen molar-refractivity contribution >= 4 is 5.91 Å². The van der Waals surface area contributed by atoms with Gasteiger partial charge in [0.2, 0.25) is 5.91 Å². The lowest BCUT2D eigenvalue weighted by Crippen LogP contribution is -2.32. The van der Waals surface area contributed by atoms with Crippen molar-refractivity contribution in [3.8, 4) is 0 Å². The van der Waals surface area contributed by atoms with Crippen LogP contribution in [0.4, 0.5) is 13.2 Å². The molecule has 0 spiro atoms. The van der Waals surface area contributed by atoms with Gasteiger partial charge in [-0.2, -0.15) is 13.2 Å². The highest BCUT2D eigenvalue weighted by atomic mass is 19.4. The molecule has 21 heavy (non-hydrogen) atoms. The number of hydrogen-bond acceptors (Lipinski definition) is 1. The van der Waals surface area contributed by atoms with E-state index in [9.17, 15) is 18.0 Å². The number of alkyl halides is 3. The summed E-state index contributed by atoms with van der Waals surface area (Å²) in [5, 5.41) is 2.86. The molecule has 0 aliphatic rings. The Hall–Kier alpha value is -1.52. The highest BCUT2D eigenvalue weighted by Gasteiger charge is 2.31. The number of hydrogen-bond donors (Lipinski definition) is 1. The molecule has 0 radical (unpaired) electrons. The van der Waals surface area contributed by atoms with E-state index in [2.05, 4.69) is 5.32 Å². The van der Waals surface area contributed by atoms with Crippen LogP contribution in [0.2, 0.25) is 0 Å². The SMILES string of the molecule is CCCC(NC(=O)C(C)CC)c1cccc(C(F)(F)F)c1. The summed E-state index contributed by atoms with van der Waals surface area (Å²) in [4.78, 5) is 12.0. The Morgan fingerprint density at radius 3 is 2.48 bits per heavy atom. The third-order valence-corrected chi connectivity index (χ3v) is 3.57. The maximum atomic E-state index is 12.8. The molecule has 1 N–H and O–H groups in total. The average Bonchev–Trinajstić information content (AvgIpc) is 2.45. The topological polar surface area (TPSA) is 29.1 Å². The van der Waals surface area contributed by atoms with Gasteiger partial charge in [-0.15, -0.1) is 0 Å². The van der Waals surface area contributed by atoms with E-state index in [1.807, 2.05) is 20.8 Å². The zero-order valence-electron chi connectivity index (χ0n) is 12.6. The number of carbonyl (C=O) groups excluding carboxylic acids is 1. The van der Waals surface area contributed by atoms with Crippen molar-refractivity contribution in [1.82, 2.24) is 5.32 Å². The molecule has 1 aromatic rings. The lowest BCUT2D eigenvalue weighted by molar-refractivity contribution is -0.137. The molecule has 1 aromatic carbocycles. The van der Waals surface area contributed by atoms with Gasteiger partial charge in [-0.25, -0.2) is 0 Å². The van der Waals surface area contributed by atoms with Crippen molar-refractivity contribution in [3.05, 3.63) is 35.4 Å². The van der Waals surface area contributed by atoms with Gasteiger partial charge in [-0.1, -0.05) is 39.3 Å². The molecule has 1 rings (SSSR count). The first-order chi connectivity index (χ1) is 9.79. The quantitative estimate of drug-likeness (QED) is 0.810. The molecule has 2 unspecified atom stereocenters. The van der Waals surface area contributed by atoms with Gasteiger partial charge in [-0.05, 0) is 30.5 Å². The van der Waals surface area contributed by atoms with Crippen LogP contribution in [0.15, 0.2) is 24.3 Å². The Kier molecular flexibility index (Phi) is 6.24. The molecule has 1 amide bonds. The van der Waals surface area contributed by atoms with Crippen molar-refractivity contribution in [1.29, 1.82) is 0 Å². The highest BCUT2D eigenvalue weighted by Crippen LogP contribution is 2.31. The predicted molar refractivity (Wildman–Crippen MR) is 76.7 cm³/mol. The fraction of sp³-hybridized carbons (Fsp3) is 0.562. The van der Waals surface area contributed by atoms with Crippen LogP contribution in [0, 0.1) is 5.92 Å². The Balaban J connectivity index is 2.98. The maximum absolute atomic E-state index is 12.8. The second kappa shape index (κ2) is 7.48. The lowest BCUT2D eigenvalue weighted by atomic mass is 9.98. The molecule has 0 heterocycles. The summed E-state index contributed by atoms with van der Waals surface area (Å²) in [6, 6.07) is 4.81. The summed E-state index contributed by atoms with van der Waals surface area (Å²) in [5.74, 6) is -0.261. The van der Waals surface area contributed by atoms with Gasteiger partial charge in [0.15, 0.2) is 0 Å². The fourth-order valence-electron chi connectivity index (χ4n) is 2.04. The van der Waals surface area contributed by atoms with E-state index in [4.69, 9.17) is 0 Å². The molecule has 0 saturated heterocycles. The molecule has 5 heteroatoms. The number of benzene rings is 1. The van der Waals surface area contributed by atoms with Crippen LogP contribution in [0.1, 0.15) is 57.2 Å². The second-order valence-corrected chi connectivity index (χ2v) is 5.28. The number of rotatable bonds is 6. The summed E-state index contributed by atoms with van der Waals surface area (Å²) in [7, 11) is 0. The maximum Gasteiger partial charge on any atom is 0.416 e. The summed E-state index contributed by atoms with van der Waals surface area (Å²) < 4.78 is 38.3. The van der Waals surface area contributed by atoms with Crippen LogP contribution < -0.4 is 5.32 Å². The number of amides is 1. The van der Waals surface area contributed by atoms with Crippen LogP contribution in [0.5, 0.6) is 0 Å². The first kappa shape index (κ1) is 17.5. The zero-order chi connectivity index (χ0) is 16.0. The smallest absolute Gasteiger partial charge is 0.349 e. The van der Waals surface area contributed by atoms with E-state index in [0.717, 1.165) is 18.6 Å². The van der Waals surface area contributed by atoms with Crippen molar-refractivity contribution in [2.24, 2.45) is 5.92 Å². The van der Waals surface area contributed by atoms with E-state index < -0.39 is 11.7 Å². The van der Waals surface area contributed by atoms with Crippen molar-refractivity contribution in [2.75, 3.05) is 0 Å². The summed E-state index contributed by atoms with van der Waals surface area (Å²) in [6.45, 7) is 5.66. The fourth-order valence-corrected chi connectivity index (χ4v) is 2.04. The lowest BCUT2D eigenvalue weighted by Gasteiger charge is -2.21. The Bertz CT molecular complexity index is 471. The van der Waals surface area contributed by atoms with E-state index >= 15 is 0 Å². The molecule has 0 fully saturated rings. The number of carbonyl (C=O) groups is 1. The molecule has 118 valence electrons.